The highest BCUT2D eigenvalue weighted by atomic mass is 16.2. The van der Waals surface area contributed by atoms with Crippen LogP contribution >= 0.6 is 0 Å². The van der Waals surface area contributed by atoms with E-state index in [1.165, 1.54) is 0 Å². The summed E-state index contributed by atoms with van der Waals surface area (Å²) < 4.78 is 0. The first-order valence-corrected chi connectivity index (χ1v) is 8.60. The van der Waals surface area contributed by atoms with Gasteiger partial charge >= 0.3 is 6.03 Å². The molecule has 0 atom stereocenters. The summed E-state index contributed by atoms with van der Waals surface area (Å²) in [6.45, 7) is 1.57. The molecule has 0 radical (unpaired) electrons. The third-order valence-electron chi connectivity index (χ3n) is 4.02. The highest BCUT2D eigenvalue weighted by molar-refractivity contribution is 5.92. The van der Waals surface area contributed by atoms with Crippen LogP contribution in [0, 0.1) is 0 Å². The second-order valence-corrected chi connectivity index (χ2v) is 5.98. The van der Waals surface area contributed by atoms with Gasteiger partial charge < -0.3 is 15.5 Å². The van der Waals surface area contributed by atoms with Crippen molar-refractivity contribution >= 4 is 29.0 Å². The summed E-state index contributed by atoms with van der Waals surface area (Å²) in [4.78, 5) is 25.6. The summed E-state index contributed by atoms with van der Waals surface area (Å²) in [7, 11) is 0. The molecule has 134 valence electrons. The molecular formula is C19H21N5O2. The lowest BCUT2D eigenvalue weighted by molar-refractivity contribution is -0.128. The maximum Gasteiger partial charge on any atom is 0.319 e. The molecule has 0 spiro atoms. The fourth-order valence-corrected chi connectivity index (χ4v) is 2.63. The summed E-state index contributed by atoms with van der Waals surface area (Å²) in [5, 5.41) is 13.6. The van der Waals surface area contributed by atoms with Crippen LogP contribution in [0.4, 0.5) is 21.9 Å². The Morgan fingerprint density at radius 1 is 0.885 bits per heavy atom. The Morgan fingerprint density at radius 2 is 1.50 bits per heavy atom. The highest BCUT2D eigenvalue weighted by Gasteiger charge is 2.17. The van der Waals surface area contributed by atoms with E-state index in [9.17, 15) is 9.59 Å². The summed E-state index contributed by atoms with van der Waals surface area (Å²) >= 11 is 0. The largest absolute Gasteiger partial charge is 0.341 e. The van der Waals surface area contributed by atoms with Crippen molar-refractivity contribution in [2.24, 2.45) is 10.2 Å². The van der Waals surface area contributed by atoms with E-state index >= 15 is 0 Å². The lowest BCUT2D eigenvalue weighted by atomic mass is 10.3. The summed E-state index contributed by atoms with van der Waals surface area (Å²) in [5.74, 6) is -0.0469. The first-order valence-electron chi connectivity index (χ1n) is 8.60. The van der Waals surface area contributed by atoms with Gasteiger partial charge in [-0.3, -0.25) is 4.79 Å². The Bertz CT molecular complexity index is 768. The number of amides is 3. The monoisotopic (exact) mass is 351 g/mol. The van der Waals surface area contributed by atoms with Crippen LogP contribution in [0.5, 0.6) is 0 Å². The lowest BCUT2D eigenvalue weighted by Crippen LogP contribution is -2.40. The standard InChI is InChI=1S/C19H21N5O2/c25-18(24-12-4-5-13-24)14-20-19(26)21-15-8-10-17(11-9-15)23-22-16-6-2-1-3-7-16/h1-3,6-11H,4-5,12-14H2,(H2,20,21,26). The number of likely N-dealkylation sites (tertiary alicyclic amines) is 1. The van der Waals surface area contributed by atoms with Gasteiger partial charge in [-0.05, 0) is 49.2 Å². The molecule has 1 aliphatic heterocycles. The molecule has 2 N–H and O–H groups in total. The van der Waals surface area contributed by atoms with Crippen molar-refractivity contribution in [2.75, 3.05) is 25.0 Å². The third-order valence-corrected chi connectivity index (χ3v) is 4.02. The van der Waals surface area contributed by atoms with E-state index in [0.29, 0.717) is 11.4 Å². The van der Waals surface area contributed by atoms with Crippen molar-refractivity contribution < 1.29 is 9.59 Å². The van der Waals surface area contributed by atoms with Gasteiger partial charge in [0.05, 0.1) is 17.9 Å². The van der Waals surface area contributed by atoms with E-state index in [0.717, 1.165) is 31.6 Å². The van der Waals surface area contributed by atoms with Crippen LogP contribution in [0.15, 0.2) is 64.8 Å². The number of carbonyl (C=O) groups excluding carboxylic acids is 2. The van der Waals surface area contributed by atoms with Crippen molar-refractivity contribution in [3.63, 3.8) is 0 Å². The molecule has 2 aromatic rings. The molecule has 1 fully saturated rings. The third kappa shape index (κ3) is 5.14. The maximum absolute atomic E-state index is 11.9. The zero-order valence-corrected chi connectivity index (χ0v) is 14.4. The average molecular weight is 351 g/mol. The molecule has 0 saturated carbocycles. The number of hydrogen-bond donors (Lipinski definition) is 2. The van der Waals surface area contributed by atoms with E-state index in [2.05, 4.69) is 20.9 Å². The number of hydrogen-bond acceptors (Lipinski definition) is 4. The van der Waals surface area contributed by atoms with Crippen molar-refractivity contribution in [2.45, 2.75) is 12.8 Å². The SMILES string of the molecule is O=C(NCC(=O)N1CCCC1)Nc1ccc(N=Nc2ccccc2)cc1. The average Bonchev–Trinajstić information content (AvgIpc) is 3.21. The molecule has 1 saturated heterocycles. The Balaban J connectivity index is 1.46. The molecule has 3 amide bonds. The summed E-state index contributed by atoms with van der Waals surface area (Å²) in [6.07, 6.45) is 2.07. The fourth-order valence-electron chi connectivity index (χ4n) is 2.63. The number of nitrogens with one attached hydrogen (secondary N) is 2. The normalized spacial score (nSPS) is 13.8. The van der Waals surface area contributed by atoms with Gasteiger partial charge in [0.25, 0.3) is 0 Å². The van der Waals surface area contributed by atoms with E-state index in [4.69, 9.17) is 0 Å². The molecule has 7 heteroatoms. The molecule has 1 heterocycles. The molecule has 7 nitrogen and oxygen atoms in total. The van der Waals surface area contributed by atoms with Crippen LogP contribution in [0.3, 0.4) is 0 Å². The number of urea groups is 1. The van der Waals surface area contributed by atoms with Gasteiger partial charge in [0, 0.05) is 18.8 Å². The number of anilines is 1. The Kier molecular flexibility index (Phi) is 5.92. The molecular weight excluding hydrogens is 330 g/mol. The number of carbonyl (C=O) groups is 2. The second-order valence-electron chi connectivity index (χ2n) is 5.98. The van der Waals surface area contributed by atoms with Gasteiger partial charge in [0.2, 0.25) is 5.91 Å². The predicted octanol–water partition coefficient (Wildman–Crippen LogP) is 3.85. The maximum atomic E-state index is 11.9. The number of rotatable bonds is 5. The van der Waals surface area contributed by atoms with Crippen molar-refractivity contribution in [3.05, 3.63) is 54.6 Å². The van der Waals surface area contributed by atoms with E-state index in [-0.39, 0.29) is 12.5 Å². The number of benzene rings is 2. The number of azo groups is 1. The first kappa shape index (κ1) is 17.6. The minimum Gasteiger partial charge on any atom is -0.341 e. The Labute approximate surface area is 152 Å². The van der Waals surface area contributed by atoms with Gasteiger partial charge in [-0.15, -0.1) is 0 Å². The molecule has 1 aliphatic rings. The quantitative estimate of drug-likeness (QED) is 0.802. The van der Waals surface area contributed by atoms with Crippen molar-refractivity contribution in [3.8, 4) is 0 Å². The molecule has 0 bridgehead atoms. The summed E-state index contributed by atoms with van der Waals surface area (Å²) in [6, 6.07) is 16.0. The minimum atomic E-state index is -0.406. The topological polar surface area (TPSA) is 86.2 Å². The molecule has 0 unspecified atom stereocenters. The molecule has 2 aromatic carbocycles. The zero-order chi connectivity index (χ0) is 18.2. The fraction of sp³-hybridized carbons (Fsp3) is 0.263. The molecule has 0 aromatic heterocycles. The van der Waals surface area contributed by atoms with Crippen LogP contribution in [-0.2, 0) is 4.79 Å². The van der Waals surface area contributed by atoms with Crippen LogP contribution in [0.25, 0.3) is 0 Å². The van der Waals surface area contributed by atoms with Gasteiger partial charge in [-0.1, -0.05) is 18.2 Å². The van der Waals surface area contributed by atoms with Crippen LogP contribution in [-0.4, -0.2) is 36.5 Å². The minimum absolute atomic E-state index is 0.00913. The van der Waals surface area contributed by atoms with E-state index < -0.39 is 6.03 Å². The van der Waals surface area contributed by atoms with E-state index in [1.807, 2.05) is 30.3 Å². The number of nitrogens with zero attached hydrogens (tertiary/aromatic N) is 3. The summed E-state index contributed by atoms with van der Waals surface area (Å²) in [5.41, 5.74) is 2.08. The van der Waals surface area contributed by atoms with Gasteiger partial charge in [0.15, 0.2) is 0 Å². The van der Waals surface area contributed by atoms with Crippen LogP contribution in [0.2, 0.25) is 0 Å². The smallest absolute Gasteiger partial charge is 0.319 e. The molecule has 3 rings (SSSR count). The van der Waals surface area contributed by atoms with Crippen LogP contribution < -0.4 is 10.6 Å². The van der Waals surface area contributed by atoms with E-state index in [1.54, 1.807) is 29.2 Å². The second kappa shape index (κ2) is 8.75. The predicted molar refractivity (Wildman–Crippen MR) is 99.9 cm³/mol. The zero-order valence-electron chi connectivity index (χ0n) is 14.4. The first-order chi connectivity index (χ1) is 12.7. The van der Waals surface area contributed by atoms with Gasteiger partial charge in [0.1, 0.15) is 0 Å². The van der Waals surface area contributed by atoms with Crippen molar-refractivity contribution in [1.29, 1.82) is 0 Å². The molecule has 26 heavy (non-hydrogen) atoms. The van der Waals surface area contributed by atoms with Crippen molar-refractivity contribution in [1.82, 2.24) is 10.2 Å². The Morgan fingerprint density at radius 3 is 2.15 bits per heavy atom. The van der Waals surface area contributed by atoms with Gasteiger partial charge in [-0.25, -0.2) is 4.79 Å². The van der Waals surface area contributed by atoms with Gasteiger partial charge in [-0.2, -0.15) is 10.2 Å². The lowest BCUT2D eigenvalue weighted by Gasteiger charge is -2.15. The van der Waals surface area contributed by atoms with Crippen LogP contribution in [0.1, 0.15) is 12.8 Å². The molecule has 0 aliphatic carbocycles. The Hall–Kier alpha value is -3.22. The highest BCUT2D eigenvalue weighted by Crippen LogP contribution is 2.19.